The van der Waals surface area contributed by atoms with Crippen LogP contribution >= 0.6 is 38.9 Å². The van der Waals surface area contributed by atoms with Crippen LogP contribution < -0.4 is 5.32 Å². The Labute approximate surface area is 129 Å². The number of amides is 1. The molecule has 1 aromatic heterocycles. The highest BCUT2D eigenvalue weighted by Gasteiger charge is 2.17. The van der Waals surface area contributed by atoms with E-state index in [1.165, 1.54) is 11.3 Å². The van der Waals surface area contributed by atoms with Gasteiger partial charge >= 0.3 is 0 Å². The standard InChI is InChI=1S/C14H13BrClNOS/c1-8-7-19-13(12(8)16)14(18)17-9(2)10-3-5-11(15)6-4-10/h3-7,9H,1-2H3,(H,17,18). The van der Waals surface area contributed by atoms with Gasteiger partial charge in [-0.1, -0.05) is 39.7 Å². The molecule has 0 aliphatic heterocycles. The summed E-state index contributed by atoms with van der Waals surface area (Å²) in [7, 11) is 0. The molecular formula is C14H13BrClNOS. The molecule has 100 valence electrons. The highest BCUT2D eigenvalue weighted by Crippen LogP contribution is 2.27. The molecule has 0 aliphatic rings. The van der Waals surface area contributed by atoms with E-state index in [1.807, 2.05) is 43.5 Å². The molecule has 1 heterocycles. The summed E-state index contributed by atoms with van der Waals surface area (Å²) >= 11 is 10.9. The third-order valence-electron chi connectivity index (χ3n) is 2.82. The Morgan fingerprint density at radius 2 is 2.00 bits per heavy atom. The van der Waals surface area contributed by atoms with E-state index in [0.717, 1.165) is 15.6 Å². The quantitative estimate of drug-likeness (QED) is 0.825. The molecule has 0 fully saturated rings. The summed E-state index contributed by atoms with van der Waals surface area (Å²) in [5.41, 5.74) is 1.99. The fraction of sp³-hybridized carbons (Fsp3) is 0.214. The highest BCUT2D eigenvalue weighted by atomic mass is 79.9. The Bertz CT molecular complexity index is 594. The lowest BCUT2D eigenvalue weighted by Crippen LogP contribution is -2.26. The maximum absolute atomic E-state index is 12.1. The number of hydrogen-bond acceptors (Lipinski definition) is 2. The minimum Gasteiger partial charge on any atom is -0.345 e. The van der Waals surface area contributed by atoms with Crippen LogP contribution in [0.5, 0.6) is 0 Å². The van der Waals surface area contributed by atoms with Crippen LogP contribution in [0.15, 0.2) is 34.1 Å². The Hall–Kier alpha value is -0.840. The van der Waals surface area contributed by atoms with Gasteiger partial charge in [0.15, 0.2) is 0 Å². The van der Waals surface area contributed by atoms with Crippen molar-refractivity contribution in [2.45, 2.75) is 19.9 Å². The number of aryl methyl sites for hydroxylation is 1. The average Bonchev–Trinajstić information content (AvgIpc) is 2.70. The lowest BCUT2D eigenvalue weighted by Gasteiger charge is -2.14. The van der Waals surface area contributed by atoms with Crippen molar-refractivity contribution in [1.82, 2.24) is 5.32 Å². The molecule has 1 atom stereocenters. The minimum absolute atomic E-state index is 0.0564. The summed E-state index contributed by atoms with van der Waals surface area (Å²) in [6.07, 6.45) is 0. The largest absolute Gasteiger partial charge is 0.345 e. The Balaban J connectivity index is 2.10. The van der Waals surface area contributed by atoms with E-state index in [-0.39, 0.29) is 11.9 Å². The average molecular weight is 359 g/mol. The van der Waals surface area contributed by atoms with E-state index in [1.54, 1.807) is 0 Å². The van der Waals surface area contributed by atoms with Crippen molar-refractivity contribution in [2.24, 2.45) is 0 Å². The molecule has 1 N–H and O–H groups in total. The summed E-state index contributed by atoms with van der Waals surface area (Å²) in [6, 6.07) is 7.83. The fourth-order valence-electron chi connectivity index (χ4n) is 1.68. The Morgan fingerprint density at radius 1 is 1.37 bits per heavy atom. The fourth-order valence-corrected chi connectivity index (χ4v) is 3.13. The van der Waals surface area contributed by atoms with Crippen molar-refractivity contribution in [1.29, 1.82) is 0 Å². The third-order valence-corrected chi connectivity index (χ3v) is 5.05. The third kappa shape index (κ3) is 3.38. The van der Waals surface area contributed by atoms with Crippen molar-refractivity contribution in [3.63, 3.8) is 0 Å². The minimum atomic E-state index is -0.126. The number of thiophene rings is 1. The second kappa shape index (κ2) is 6.07. The van der Waals surface area contributed by atoms with Gasteiger partial charge in [0.2, 0.25) is 0 Å². The molecule has 0 spiro atoms. The summed E-state index contributed by atoms with van der Waals surface area (Å²) in [4.78, 5) is 12.7. The summed E-state index contributed by atoms with van der Waals surface area (Å²) in [5.74, 6) is -0.126. The molecule has 0 radical (unpaired) electrons. The van der Waals surface area contributed by atoms with Crippen molar-refractivity contribution in [3.05, 3.63) is 55.1 Å². The first-order valence-corrected chi connectivity index (χ1v) is 7.84. The zero-order valence-corrected chi connectivity index (χ0v) is 13.7. The first-order valence-electron chi connectivity index (χ1n) is 5.79. The lowest BCUT2D eigenvalue weighted by molar-refractivity contribution is 0.0944. The van der Waals surface area contributed by atoms with Gasteiger partial charge in [-0.2, -0.15) is 0 Å². The van der Waals surface area contributed by atoms with Crippen molar-refractivity contribution < 1.29 is 4.79 Å². The van der Waals surface area contributed by atoms with E-state index in [0.29, 0.717) is 9.90 Å². The topological polar surface area (TPSA) is 29.1 Å². The van der Waals surface area contributed by atoms with Crippen LogP contribution in [0, 0.1) is 6.92 Å². The van der Waals surface area contributed by atoms with Gasteiger partial charge < -0.3 is 5.32 Å². The smallest absolute Gasteiger partial charge is 0.263 e. The van der Waals surface area contributed by atoms with E-state index < -0.39 is 0 Å². The van der Waals surface area contributed by atoms with Crippen LogP contribution in [0.25, 0.3) is 0 Å². The summed E-state index contributed by atoms with van der Waals surface area (Å²) in [5, 5.41) is 5.39. The number of rotatable bonds is 3. The SMILES string of the molecule is Cc1csc(C(=O)NC(C)c2ccc(Br)cc2)c1Cl. The maximum Gasteiger partial charge on any atom is 0.263 e. The number of carbonyl (C=O) groups excluding carboxylic acids is 1. The number of carbonyl (C=O) groups is 1. The summed E-state index contributed by atoms with van der Waals surface area (Å²) < 4.78 is 1.02. The highest BCUT2D eigenvalue weighted by molar-refractivity contribution is 9.10. The van der Waals surface area contributed by atoms with Crippen LogP contribution in [0.4, 0.5) is 0 Å². The molecular weight excluding hydrogens is 346 g/mol. The summed E-state index contributed by atoms with van der Waals surface area (Å²) in [6.45, 7) is 3.85. The van der Waals surface area contributed by atoms with Crippen LogP contribution in [-0.2, 0) is 0 Å². The van der Waals surface area contributed by atoms with Crippen molar-refractivity contribution >= 4 is 44.8 Å². The Kier molecular flexibility index (Phi) is 4.66. The van der Waals surface area contributed by atoms with Crippen molar-refractivity contribution in [2.75, 3.05) is 0 Å². The molecule has 0 saturated heterocycles. The molecule has 19 heavy (non-hydrogen) atoms. The number of benzene rings is 1. The molecule has 2 aromatic rings. The number of nitrogens with one attached hydrogen (secondary N) is 1. The lowest BCUT2D eigenvalue weighted by atomic mass is 10.1. The van der Waals surface area contributed by atoms with Crippen molar-refractivity contribution in [3.8, 4) is 0 Å². The number of hydrogen-bond donors (Lipinski definition) is 1. The molecule has 2 rings (SSSR count). The molecule has 2 nitrogen and oxygen atoms in total. The maximum atomic E-state index is 12.1. The zero-order chi connectivity index (χ0) is 14.0. The van der Waals surface area contributed by atoms with E-state index in [4.69, 9.17) is 11.6 Å². The second-order valence-electron chi connectivity index (χ2n) is 4.31. The van der Waals surface area contributed by atoms with Gasteiger partial charge in [-0.25, -0.2) is 0 Å². The predicted octanol–water partition coefficient (Wildman–Crippen LogP) is 4.96. The van der Waals surface area contributed by atoms with E-state index in [2.05, 4.69) is 21.2 Å². The predicted molar refractivity (Wildman–Crippen MR) is 84.1 cm³/mol. The van der Waals surface area contributed by atoms with E-state index in [9.17, 15) is 4.79 Å². The monoisotopic (exact) mass is 357 g/mol. The molecule has 0 bridgehead atoms. The molecule has 0 aliphatic carbocycles. The van der Waals surface area contributed by atoms with Gasteiger partial charge in [0.25, 0.3) is 5.91 Å². The molecule has 1 amide bonds. The molecule has 0 saturated carbocycles. The number of halogens is 2. The van der Waals surface area contributed by atoms with Gasteiger partial charge in [0.1, 0.15) is 4.88 Å². The van der Waals surface area contributed by atoms with Crippen LogP contribution in [-0.4, -0.2) is 5.91 Å². The molecule has 5 heteroatoms. The van der Waals surface area contributed by atoms with Crippen LogP contribution in [0.3, 0.4) is 0 Å². The van der Waals surface area contributed by atoms with Gasteiger partial charge in [0.05, 0.1) is 11.1 Å². The normalized spacial score (nSPS) is 12.2. The molecule has 1 unspecified atom stereocenters. The van der Waals surface area contributed by atoms with Crippen LogP contribution in [0.1, 0.15) is 33.8 Å². The van der Waals surface area contributed by atoms with Gasteiger partial charge in [-0.15, -0.1) is 11.3 Å². The van der Waals surface area contributed by atoms with Gasteiger partial charge in [0, 0.05) is 4.47 Å². The van der Waals surface area contributed by atoms with Gasteiger partial charge in [-0.3, -0.25) is 4.79 Å². The van der Waals surface area contributed by atoms with Crippen LogP contribution in [0.2, 0.25) is 5.02 Å². The zero-order valence-electron chi connectivity index (χ0n) is 10.5. The first kappa shape index (κ1) is 14.6. The van der Waals surface area contributed by atoms with E-state index >= 15 is 0 Å². The first-order chi connectivity index (χ1) is 8.99. The second-order valence-corrected chi connectivity index (χ2v) is 6.48. The Morgan fingerprint density at radius 3 is 2.53 bits per heavy atom. The van der Waals surface area contributed by atoms with Gasteiger partial charge in [-0.05, 0) is 42.5 Å². The molecule has 1 aromatic carbocycles.